The van der Waals surface area contributed by atoms with E-state index in [9.17, 15) is 4.79 Å². The fourth-order valence-electron chi connectivity index (χ4n) is 2.48. The minimum Gasteiger partial charge on any atom is -0.497 e. The van der Waals surface area contributed by atoms with Crippen LogP contribution in [-0.2, 0) is 6.54 Å². The van der Waals surface area contributed by atoms with E-state index in [0.717, 1.165) is 29.7 Å². The number of fused-ring (bicyclic) bond motifs is 1. The largest absolute Gasteiger partial charge is 0.497 e. The molecule has 23 heavy (non-hydrogen) atoms. The lowest BCUT2D eigenvalue weighted by Gasteiger charge is -2.07. The monoisotopic (exact) mass is 309 g/mol. The van der Waals surface area contributed by atoms with Crippen LogP contribution in [0.3, 0.4) is 0 Å². The first kappa shape index (κ1) is 15.1. The molecular formula is C18H19N3O2. The third-order valence-electron chi connectivity index (χ3n) is 3.74. The quantitative estimate of drug-likeness (QED) is 0.712. The Morgan fingerprint density at radius 2 is 1.96 bits per heavy atom. The summed E-state index contributed by atoms with van der Waals surface area (Å²) in [6.45, 7) is 1.45. The van der Waals surface area contributed by atoms with Gasteiger partial charge >= 0.3 is 0 Å². The van der Waals surface area contributed by atoms with E-state index < -0.39 is 0 Å². The fraction of sp³-hybridized carbons (Fsp3) is 0.222. The molecule has 0 radical (unpaired) electrons. The van der Waals surface area contributed by atoms with Crippen molar-refractivity contribution in [3.8, 4) is 5.75 Å². The molecule has 1 aromatic heterocycles. The van der Waals surface area contributed by atoms with Gasteiger partial charge in [0.25, 0.3) is 5.91 Å². The lowest BCUT2D eigenvalue weighted by atomic mass is 10.2. The van der Waals surface area contributed by atoms with E-state index >= 15 is 0 Å². The number of rotatable bonds is 6. The van der Waals surface area contributed by atoms with Crippen LogP contribution in [0.5, 0.6) is 5.75 Å². The van der Waals surface area contributed by atoms with E-state index in [1.807, 2.05) is 24.5 Å². The second-order valence-electron chi connectivity index (χ2n) is 5.26. The topological polar surface area (TPSA) is 56.1 Å². The van der Waals surface area contributed by atoms with Crippen molar-refractivity contribution in [1.82, 2.24) is 14.9 Å². The first-order chi connectivity index (χ1) is 11.3. The summed E-state index contributed by atoms with van der Waals surface area (Å²) < 4.78 is 7.19. The fourth-order valence-corrected chi connectivity index (χ4v) is 2.48. The van der Waals surface area contributed by atoms with Crippen LogP contribution >= 0.6 is 0 Å². The maximum Gasteiger partial charge on any atom is 0.251 e. The number of benzene rings is 2. The maximum atomic E-state index is 12.0. The predicted octanol–water partition coefficient (Wildman–Crippen LogP) is 2.87. The van der Waals surface area contributed by atoms with Crippen molar-refractivity contribution in [3.63, 3.8) is 0 Å². The van der Waals surface area contributed by atoms with Crippen LogP contribution in [0.1, 0.15) is 16.8 Å². The van der Waals surface area contributed by atoms with Gasteiger partial charge in [-0.05, 0) is 42.8 Å². The first-order valence-electron chi connectivity index (χ1n) is 7.60. The molecule has 0 aliphatic heterocycles. The highest BCUT2D eigenvalue weighted by molar-refractivity contribution is 5.94. The molecule has 0 saturated heterocycles. The molecule has 0 saturated carbocycles. The number of para-hydroxylation sites is 2. The predicted molar refractivity (Wildman–Crippen MR) is 89.7 cm³/mol. The zero-order valence-electron chi connectivity index (χ0n) is 13.0. The van der Waals surface area contributed by atoms with Gasteiger partial charge in [0.1, 0.15) is 5.75 Å². The number of carbonyl (C=O) groups excluding carboxylic acids is 1. The van der Waals surface area contributed by atoms with Crippen molar-refractivity contribution in [2.45, 2.75) is 13.0 Å². The molecule has 0 aliphatic rings. The van der Waals surface area contributed by atoms with E-state index in [1.165, 1.54) is 0 Å². The third kappa shape index (κ3) is 3.51. The van der Waals surface area contributed by atoms with Crippen molar-refractivity contribution in [2.75, 3.05) is 13.7 Å². The van der Waals surface area contributed by atoms with Crippen molar-refractivity contribution in [2.24, 2.45) is 0 Å². The summed E-state index contributed by atoms with van der Waals surface area (Å²) in [5.41, 5.74) is 2.75. The number of aromatic nitrogens is 2. The normalized spacial score (nSPS) is 10.7. The zero-order chi connectivity index (χ0) is 16.1. The third-order valence-corrected chi connectivity index (χ3v) is 3.74. The van der Waals surface area contributed by atoms with Gasteiger partial charge in [0.2, 0.25) is 0 Å². The number of hydrogen-bond donors (Lipinski definition) is 1. The van der Waals surface area contributed by atoms with Gasteiger partial charge in [0, 0.05) is 18.7 Å². The number of methoxy groups -OCH3 is 1. The summed E-state index contributed by atoms with van der Waals surface area (Å²) in [5.74, 6) is 0.677. The number of hydrogen-bond acceptors (Lipinski definition) is 3. The van der Waals surface area contributed by atoms with Crippen molar-refractivity contribution >= 4 is 16.9 Å². The number of ether oxygens (including phenoxy) is 1. The summed E-state index contributed by atoms with van der Waals surface area (Å²) in [4.78, 5) is 16.4. The van der Waals surface area contributed by atoms with Crippen LogP contribution in [0.25, 0.3) is 11.0 Å². The highest BCUT2D eigenvalue weighted by atomic mass is 16.5. The maximum absolute atomic E-state index is 12.0. The van der Waals surface area contributed by atoms with E-state index in [4.69, 9.17) is 4.74 Å². The lowest BCUT2D eigenvalue weighted by molar-refractivity contribution is 0.0953. The number of aryl methyl sites for hydroxylation is 1. The Bertz CT molecular complexity index is 793. The Hall–Kier alpha value is -2.82. The molecule has 1 N–H and O–H groups in total. The molecule has 5 nitrogen and oxygen atoms in total. The van der Waals surface area contributed by atoms with E-state index in [0.29, 0.717) is 12.1 Å². The van der Waals surface area contributed by atoms with E-state index in [1.54, 1.807) is 31.4 Å². The van der Waals surface area contributed by atoms with Crippen molar-refractivity contribution < 1.29 is 9.53 Å². The molecule has 1 amide bonds. The SMILES string of the molecule is COc1ccc(C(=O)NCCCn2cnc3ccccc32)cc1. The van der Waals surface area contributed by atoms with Gasteiger partial charge < -0.3 is 14.6 Å². The molecule has 5 heteroatoms. The highest BCUT2D eigenvalue weighted by Gasteiger charge is 2.05. The average molecular weight is 309 g/mol. The van der Waals surface area contributed by atoms with Gasteiger partial charge in [0.05, 0.1) is 24.5 Å². The molecule has 0 aliphatic carbocycles. The number of nitrogens with zero attached hydrogens (tertiary/aromatic N) is 2. The first-order valence-corrected chi connectivity index (χ1v) is 7.60. The zero-order valence-corrected chi connectivity index (χ0v) is 13.0. The van der Waals surface area contributed by atoms with Gasteiger partial charge in [-0.3, -0.25) is 4.79 Å². The molecule has 0 spiro atoms. The Kier molecular flexibility index (Phi) is 4.57. The Balaban J connectivity index is 1.50. The summed E-state index contributed by atoms with van der Waals surface area (Å²) >= 11 is 0. The van der Waals surface area contributed by atoms with Gasteiger partial charge in [0.15, 0.2) is 0 Å². The molecule has 1 heterocycles. The molecule has 0 fully saturated rings. The smallest absolute Gasteiger partial charge is 0.251 e. The summed E-state index contributed by atoms with van der Waals surface area (Å²) in [6.07, 6.45) is 2.69. The summed E-state index contributed by atoms with van der Waals surface area (Å²) in [5, 5.41) is 2.93. The Morgan fingerprint density at radius 1 is 1.17 bits per heavy atom. The molecule has 3 aromatic rings. The van der Waals surface area contributed by atoms with Crippen LogP contribution in [0.2, 0.25) is 0 Å². The minimum atomic E-state index is -0.0665. The molecule has 118 valence electrons. The summed E-state index contributed by atoms with van der Waals surface area (Å²) in [6, 6.07) is 15.1. The summed E-state index contributed by atoms with van der Waals surface area (Å²) in [7, 11) is 1.61. The van der Waals surface area contributed by atoms with Gasteiger partial charge in [-0.15, -0.1) is 0 Å². The molecule has 0 unspecified atom stereocenters. The van der Waals surface area contributed by atoms with Gasteiger partial charge in [-0.2, -0.15) is 0 Å². The molecular weight excluding hydrogens is 290 g/mol. The molecule has 3 rings (SSSR count). The molecule has 0 bridgehead atoms. The highest BCUT2D eigenvalue weighted by Crippen LogP contribution is 2.12. The van der Waals surface area contributed by atoms with Crippen LogP contribution in [0, 0.1) is 0 Å². The Morgan fingerprint density at radius 3 is 2.74 bits per heavy atom. The average Bonchev–Trinajstić information content (AvgIpc) is 3.02. The van der Waals surface area contributed by atoms with Crippen molar-refractivity contribution in [3.05, 3.63) is 60.4 Å². The molecule has 0 atom stereocenters. The van der Waals surface area contributed by atoms with Crippen LogP contribution in [0.15, 0.2) is 54.9 Å². The van der Waals surface area contributed by atoms with Crippen LogP contribution in [0.4, 0.5) is 0 Å². The second kappa shape index (κ2) is 6.96. The number of imidazole rings is 1. The van der Waals surface area contributed by atoms with Crippen molar-refractivity contribution in [1.29, 1.82) is 0 Å². The number of carbonyl (C=O) groups is 1. The molecule has 2 aromatic carbocycles. The Labute approximate surface area is 134 Å². The van der Waals surface area contributed by atoms with Gasteiger partial charge in [-0.1, -0.05) is 12.1 Å². The number of nitrogens with one attached hydrogen (secondary N) is 1. The van der Waals surface area contributed by atoms with Gasteiger partial charge in [-0.25, -0.2) is 4.98 Å². The van der Waals surface area contributed by atoms with E-state index in [-0.39, 0.29) is 5.91 Å². The van der Waals surface area contributed by atoms with E-state index in [2.05, 4.69) is 20.9 Å². The second-order valence-corrected chi connectivity index (χ2v) is 5.26. The minimum absolute atomic E-state index is 0.0665. The standard InChI is InChI=1S/C18H19N3O2/c1-23-15-9-7-14(8-10-15)18(22)19-11-4-12-21-13-20-16-5-2-3-6-17(16)21/h2-3,5-10,13H,4,11-12H2,1H3,(H,19,22). The van der Waals surface area contributed by atoms with Crippen LogP contribution in [-0.4, -0.2) is 29.1 Å². The number of amides is 1. The lowest BCUT2D eigenvalue weighted by Crippen LogP contribution is -2.25. The van der Waals surface area contributed by atoms with Crippen LogP contribution < -0.4 is 10.1 Å².